The van der Waals surface area contributed by atoms with Crippen LogP contribution in [-0.4, -0.2) is 31.5 Å². The molecule has 0 bridgehead atoms. The summed E-state index contributed by atoms with van der Waals surface area (Å²) in [5.74, 6) is 0.675. The Morgan fingerprint density at radius 2 is 1.61 bits per heavy atom. The number of carbonyl (C=O) groups excluding carboxylic acids is 2. The fourth-order valence-corrected chi connectivity index (χ4v) is 2.70. The molecule has 0 saturated carbocycles. The summed E-state index contributed by atoms with van der Waals surface area (Å²) in [5.41, 5.74) is 3.16. The quantitative estimate of drug-likeness (QED) is 0.490. The van der Waals surface area contributed by atoms with Gasteiger partial charge in [0.05, 0.1) is 6.61 Å². The second kappa shape index (κ2) is 11.6. The summed E-state index contributed by atoms with van der Waals surface area (Å²) in [5, 5.41) is 5.54. The van der Waals surface area contributed by atoms with Gasteiger partial charge in [0.2, 0.25) is 11.8 Å². The zero-order valence-corrected chi connectivity index (χ0v) is 16.5. The van der Waals surface area contributed by atoms with E-state index in [4.69, 9.17) is 4.74 Å². The predicted octanol–water partition coefficient (Wildman–Crippen LogP) is 3.41. The van der Waals surface area contributed by atoms with Crippen molar-refractivity contribution in [2.75, 3.05) is 19.7 Å². The summed E-state index contributed by atoms with van der Waals surface area (Å²) in [7, 11) is 0. The molecule has 148 valence electrons. The van der Waals surface area contributed by atoms with Crippen molar-refractivity contribution in [1.82, 2.24) is 10.6 Å². The minimum atomic E-state index is -0.180. The van der Waals surface area contributed by atoms with Gasteiger partial charge in [-0.05, 0) is 43.0 Å². The van der Waals surface area contributed by atoms with Crippen molar-refractivity contribution in [3.8, 4) is 5.75 Å². The van der Waals surface area contributed by atoms with Gasteiger partial charge < -0.3 is 15.4 Å². The van der Waals surface area contributed by atoms with E-state index in [9.17, 15) is 9.59 Å². The van der Waals surface area contributed by atoms with E-state index >= 15 is 0 Å². The molecular weight excluding hydrogens is 352 g/mol. The number of benzene rings is 2. The molecule has 0 aliphatic heterocycles. The van der Waals surface area contributed by atoms with Crippen LogP contribution in [0.4, 0.5) is 0 Å². The van der Waals surface area contributed by atoms with Crippen molar-refractivity contribution < 1.29 is 14.3 Å². The molecule has 0 spiro atoms. The number of para-hydroxylation sites is 1. The molecule has 2 aromatic carbocycles. The van der Waals surface area contributed by atoms with E-state index in [0.717, 1.165) is 22.4 Å². The van der Waals surface area contributed by atoms with Crippen molar-refractivity contribution in [2.24, 2.45) is 0 Å². The Bertz CT molecular complexity index is 780. The first-order valence-electron chi connectivity index (χ1n) is 9.53. The van der Waals surface area contributed by atoms with Gasteiger partial charge in [-0.1, -0.05) is 48.5 Å². The van der Waals surface area contributed by atoms with Crippen molar-refractivity contribution in [3.05, 3.63) is 71.3 Å². The summed E-state index contributed by atoms with van der Waals surface area (Å²) >= 11 is 0. The van der Waals surface area contributed by atoms with Crippen LogP contribution in [0.15, 0.2) is 54.6 Å². The maximum absolute atomic E-state index is 11.9. The Morgan fingerprint density at radius 1 is 0.929 bits per heavy atom. The van der Waals surface area contributed by atoms with Crippen molar-refractivity contribution in [2.45, 2.75) is 26.7 Å². The molecule has 2 aromatic rings. The summed E-state index contributed by atoms with van der Waals surface area (Å²) < 4.78 is 5.79. The number of amides is 2. The first-order valence-corrected chi connectivity index (χ1v) is 9.53. The lowest BCUT2D eigenvalue weighted by molar-refractivity contribution is -0.121. The minimum absolute atomic E-state index is 0.0424. The normalized spacial score (nSPS) is 10.6. The summed E-state index contributed by atoms with van der Waals surface area (Å²) in [6.45, 7) is 5.32. The molecule has 0 fully saturated rings. The zero-order chi connectivity index (χ0) is 20.2. The Kier molecular flexibility index (Phi) is 8.79. The van der Waals surface area contributed by atoms with Crippen LogP contribution in [0.5, 0.6) is 5.75 Å². The molecule has 0 saturated heterocycles. The first-order chi connectivity index (χ1) is 13.6. The topological polar surface area (TPSA) is 67.4 Å². The van der Waals surface area contributed by atoms with E-state index in [-0.39, 0.29) is 11.8 Å². The van der Waals surface area contributed by atoms with E-state index in [1.54, 1.807) is 6.08 Å². The molecule has 0 unspecified atom stereocenters. The van der Waals surface area contributed by atoms with Crippen LogP contribution in [0, 0.1) is 13.8 Å². The van der Waals surface area contributed by atoms with Gasteiger partial charge in [0.25, 0.3) is 0 Å². The van der Waals surface area contributed by atoms with Crippen LogP contribution in [-0.2, 0) is 9.59 Å². The molecule has 2 N–H and O–H groups in total. The van der Waals surface area contributed by atoms with Crippen LogP contribution >= 0.6 is 0 Å². The number of ether oxygens (including phenoxy) is 1. The Labute approximate surface area is 166 Å². The highest BCUT2D eigenvalue weighted by Gasteiger charge is 2.05. The molecule has 0 heterocycles. The van der Waals surface area contributed by atoms with Crippen LogP contribution in [0.2, 0.25) is 0 Å². The third-order valence-electron chi connectivity index (χ3n) is 4.18. The van der Waals surface area contributed by atoms with Crippen LogP contribution in [0.3, 0.4) is 0 Å². The molecule has 0 aliphatic carbocycles. The summed E-state index contributed by atoms with van der Waals surface area (Å²) in [4.78, 5) is 23.6. The predicted molar refractivity (Wildman–Crippen MR) is 112 cm³/mol. The number of aryl methyl sites for hydroxylation is 2. The SMILES string of the molecule is Cc1cccc(C)c1OCCCC(=O)NCCNC(=O)/C=C/c1ccccc1. The van der Waals surface area contributed by atoms with Gasteiger partial charge in [-0.25, -0.2) is 0 Å². The van der Waals surface area contributed by atoms with Gasteiger partial charge in [0.1, 0.15) is 5.75 Å². The number of carbonyl (C=O) groups is 2. The van der Waals surface area contributed by atoms with Gasteiger partial charge in [0, 0.05) is 25.6 Å². The van der Waals surface area contributed by atoms with E-state index in [2.05, 4.69) is 10.6 Å². The average molecular weight is 380 g/mol. The third kappa shape index (κ3) is 7.66. The summed E-state index contributed by atoms with van der Waals surface area (Å²) in [6, 6.07) is 15.6. The maximum Gasteiger partial charge on any atom is 0.244 e. The lowest BCUT2D eigenvalue weighted by Gasteiger charge is -2.11. The minimum Gasteiger partial charge on any atom is -0.493 e. The molecule has 0 radical (unpaired) electrons. The van der Waals surface area contributed by atoms with E-state index in [0.29, 0.717) is 32.5 Å². The number of rotatable bonds is 10. The molecule has 0 aromatic heterocycles. The molecular formula is C23H28N2O3. The van der Waals surface area contributed by atoms with Gasteiger partial charge in [0.15, 0.2) is 0 Å². The third-order valence-corrected chi connectivity index (χ3v) is 4.18. The smallest absolute Gasteiger partial charge is 0.244 e. The molecule has 0 aliphatic rings. The lowest BCUT2D eigenvalue weighted by atomic mass is 10.1. The maximum atomic E-state index is 11.9. The Morgan fingerprint density at radius 3 is 2.32 bits per heavy atom. The van der Waals surface area contributed by atoms with E-state index in [1.165, 1.54) is 6.08 Å². The average Bonchev–Trinajstić information content (AvgIpc) is 2.69. The number of hydrogen-bond acceptors (Lipinski definition) is 3. The second-order valence-electron chi connectivity index (χ2n) is 6.56. The van der Waals surface area contributed by atoms with Crippen molar-refractivity contribution in [3.63, 3.8) is 0 Å². The summed E-state index contributed by atoms with van der Waals surface area (Å²) in [6.07, 6.45) is 4.28. The Balaban J connectivity index is 1.55. The zero-order valence-electron chi connectivity index (χ0n) is 16.5. The fraction of sp³-hybridized carbons (Fsp3) is 0.304. The molecule has 5 heteroatoms. The van der Waals surface area contributed by atoms with Crippen molar-refractivity contribution in [1.29, 1.82) is 0 Å². The van der Waals surface area contributed by atoms with Gasteiger partial charge in [-0.3, -0.25) is 9.59 Å². The monoisotopic (exact) mass is 380 g/mol. The molecule has 0 atom stereocenters. The largest absolute Gasteiger partial charge is 0.493 e. The molecule has 2 rings (SSSR count). The second-order valence-corrected chi connectivity index (χ2v) is 6.56. The molecule has 5 nitrogen and oxygen atoms in total. The van der Waals surface area contributed by atoms with Crippen LogP contribution in [0.1, 0.15) is 29.5 Å². The highest BCUT2D eigenvalue weighted by molar-refractivity contribution is 5.91. The van der Waals surface area contributed by atoms with Crippen molar-refractivity contribution >= 4 is 17.9 Å². The first kappa shape index (κ1) is 21.2. The van der Waals surface area contributed by atoms with E-state index in [1.807, 2.05) is 62.4 Å². The highest BCUT2D eigenvalue weighted by atomic mass is 16.5. The fourth-order valence-electron chi connectivity index (χ4n) is 2.70. The molecule has 2 amide bonds. The Hall–Kier alpha value is -3.08. The highest BCUT2D eigenvalue weighted by Crippen LogP contribution is 2.22. The standard InChI is InChI=1S/C23H28N2O3/c1-18-8-6-9-19(2)23(18)28-17-7-12-21(26)24-15-16-25-22(27)14-13-20-10-4-3-5-11-20/h3-6,8-11,13-14H,7,12,15-17H2,1-2H3,(H,24,26)(H,25,27)/b14-13+. The van der Waals surface area contributed by atoms with Gasteiger partial charge >= 0.3 is 0 Å². The van der Waals surface area contributed by atoms with Gasteiger partial charge in [-0.2, -0.15) is 0 Å². The molecule has 28 heavy (non-hydrogen) atoms. The van der Waals surface area contributed by atoms with E-state index < -0.39 is 0 Å². The lowest BCUT2D eigenvalue weighted by Crippen LogP contribution is -2.34. The number of nitrogens with one attached hydrogen (secondary N) is 2. The number of hydrogen-bond donors (Lipinski definition) is 2. The van der Waals surface area contributed by atoms with Crippen LogP contribution < -0.4 is 15.4 Å². The van der Waals surface area contributed by atoms with Gasteiger partial charge in [-0.15, -0.1) is 0 Å². The van der Waals surface area contributed by atoms with Crippen LogP contribution in [0.25, 0.3) is 6.08 Å².